The quantitative estimate of drug-likeness (QED) is 0.553. The molecule has 1 N–H and O–H groups in total. The fraction of sp³-hybridized carbons (Fsp3) is 0.0714. The van der Waals surface area contributed by atoms with E-state index in [1.807, 2.05) is 24.3 Å². The zero-order valence-corrected chi connectivity index (χ0v) is 12.8. The lowest BCUT2D eigenvalue weighted by molar-refractivity contribution is 0.688. The van der Waals surface area contributed by atoms with E-state index in [2.05, 4.69) is 41.2 Å². The standard InChI is InChI=1S/C14H9BrN6O/c15-10-4-3-8(6-17-10)7-21-13-9(2-1-5-16-13)11-12(20-21)14(22)19-18-11/h1-6H,7H2,(H,19,22). The van der Waals surface area contributed by atoms with Crippen LogP contribution < -0.4 is 5.56 Å². The van der Waals surface area contributed by atoms with E-state index < -0.39 is 0 Å². The van der Waals surface area contributed by atoms with Gasteiger partial charge in [-0.15, -0.1) is 0 Å². The van der Waals surface area contributed by atoms with Crippen LogP contribution >= 0.6 is 15.9 Å². The predicted molar refractivity (Wildman–Crippen MR) is 83.6 cm³/mol. The number of nitrogens with one attached hydrogen (secondary N) is 1. The van der Waals surface area contributed by atoms with E-state index in [0.717, 1.165) is 15.6 Å². The molecule has 7 nitrogen and oxygen atoms in total. The Morgan fingerprint density at radius 1 is 1.18 bits per heavy atom. The summed E-state index contributed by atoms with van der Waals surface area (Å²) in [5, 5.41) is 11.7. The van der Waals surface area contributed by atoms with Crippen LogP contribution in [-0.4, -0.2) is 29.9 Å². The first-order chi connectivity index (χ1) is 10.7. The molecule has 0 amide bonds. The van der Waals surface area contributed by atoms with Crippen molar-refractivity contribution in [1.29, 1.82) is 0 Å². The summed E-state index contributed by atoms with van der Waals surface area (Å²) in [6.07, 6.45) is 3.45. The van der Waals surface area contributed by atoms with E-state index in [1.54, 1.807) is 17.1 Å². The molecule has 108 valence electrons. The molecule has 2 aromatic heterocycles. The first-order valence-corrected chi connectivity index (χ1v) is 7.32. The summed E-state index contributed by atoms with van der Waals surface area (Å²) in [4.78, 5) is 20.4. The number of fused-ring (bicyclic) bond motifs is 3. The maximum Gasteiger partial charge on any atom is 0.294 e. The Morgan fingerprint density at radius 2 is 2.09 bits per heavy atom. The molecule has 4 rings (SSSR count). The number of aromatic amines is 1. The molecule has 2 aromatic rings. The summed E-state index contributed by atoms with van der Waals surface area (Å²) in [6, 6.07) is 7.49. The second-order valence-corrected chi connectivity index (χ2v) is 5.58. The summed E-state index contributed by atoms with van der Waals surface area (Å²) in [5.41, 5.74) is 2.18. The molecule has 0 saturated heterocycles. The van der Waals surface area contributed by atoms with Crippen LogP contribution in [0.4, 0.5) is 0 Å². The SMILES string of the molecule is O=c1[nH]nc2c3cccnc3n(Cc3ccc(Br)nc3)nc1-2. The van der Waals surface area contributed by atoms with E-state index in [9.17, 15) is 4.79 Å². The molecule has 4 heterocycles. The second-order valence-electron chi connectivity index (χ2n) is 4.77. The lowest BCUT2D eigenvalue weighted by Crippen LogP contribution is -2.13. The van der Waals surface area contributed by atoms with Crippen molar-refractivity contribution in [3.8, 4) is 11.4 Å². The molecule has 0 unspecified atom stereocenters. The first kappa shape index (κ1) is 13.1. The molecule has 0 saturated carbocycles. The molecule has 0 aromatic carbocycles. The van der Waals surface area contributed by atoms with Gasteiger partial charge < -0.3 is 0 Å². The Morgan fingerprint density at radius 3 is 2.91 bits per heavy atom. The normalized spacial score (nSPS) is 11.3. The number of rotatable bonds is 2. The third-order valence-electron chi connectivity index (χ3n) is 3.34. The van der Waals surface area contributed by atoms with Crippen molar-refractivity contribution in [2.24, 2.45) is 0 Å². The predicted octanol–water partition coefficient (Wildman–Crippen LogP) is 1.83. The van der Waals surface area contributed by atoms with Gasteiger partial charge in [0.05, 0.1) is 6.54 Å². The van der Waals surface area contributed by atoms with Crippen LogP contribution in [0.1, 0.15) is 5.56 Å². The van der Waals surface area contributed by atoms with Crippen LogP contribution in [0.25, 0.3) is 22.4 Å². The highest BCUT2D eigenvalue weighted by atomic mass is 79.9. The molecule has 2 aliphatic heterocycles. The van der Waals surface area contributed by atoms with E-state index in [-0.39, 0.29) is 5.56 Å². The van der Waals surface area contributed by atoms with Crippen LogP contribution in [0, 0.1) is 0 Å². The fourth-order valence-corrected chi connectivity index (χ4v) is 2.57. The molecule has 0 atom stereocenters. The average molecular weight is 357 g/mol. The first-order valence-electron chi connectivity index (χ1n) is 6.53. The molecule has 2 aliphatic rings. The van der Waals surface area contributed by atoms with Crippen molar-refractivity contribution in [2.75, 3.05) is 0 Å². The van der Waals surface area contributed by atoms with Gasteiger partial charge in [0.2, 0.25) is 0 Å². The van der Waals surface area contributed by atoms with E-state index in [0.29, 0.717) is 23.6 Å². The van der Waals surface area contributed by atoms with Crippen molar-refractivity contribution in [3.63, 3.8) is 0 Å². The molecule has 0 spiro atoms. The number of aromatic nitrogens is 6. The highest BCUT2D eigenvalue weighted by Crippen LogP contribution is 2.23. The van der Waals surface area contributed by atoms with Gasteiger partial charge >= 0.3 is 0 Å². The monoisotopic (exact) mass is 356 g/mol. The average Bonchev–Trinajstić information content (AvgIpc) is 2.91. The number of halogens is 1. The number of pyridine rings is 2. The topological polar surface area (TPSA) is 89.4 Å². The highest BCUT2D eigenvalue weighted by Gasteiger charge is 2.19. The van der Waals surface area contributed by atoms with Crippen molar-refractivity contribution < 1.29 is 0 Å². The Balaban J connectivity index is 1.94. The van der Waals surface area contributed by atoms with Gasteiger partial charge in [-0.3, -0.25) is 4.79 Å². The van der Waals surface area contributed by atoms with E-state index >= 15 is 0 Å². The third kappa shape index (κ3) is 2.08. The van der Waals surface area contributed by atoms with Gasteiger partial charge in [0, 0.05) is 17.8 Å². The van der Waals surface area contributed by atoms with Crippen LogP contribution in [0.15, 0.2) is 46.1 Å². The molecule has 0 fully saturated rings. The molecule has 8 heteroatoms. The van der Waals surface area contributed by atoms with Crippen molar-refractivity contribution in [3.05, 3.63) is 57.2 Å². The zero-order chi connectivity index (χ0) is 15.1. The Labute approximate surface area is 132 Å². The third-order valence-corrected chi connectivity index (χ3v) is 3.81. The Bertz CT molecular complexity index is 990. The Kier molecular flexibility index (Phi) is 2.97. The number of hydrogen-bond donors (Lipinski definition) is 1. The lowest BCUT2D eigenvalue weighted by atomic mass is 10.2. The second kappa shape index (κ2) is 4.99. The van der Waals surface area contributed by atoms with Crippen LogP contribution in [0.5, 0.6) is 0 Å². The number of hydrogen-bond acceptors (Lipinski definition) is 5. The molecular weight excluding hydrogens is 348 g/mol. The Hall–Kier alpha value is -2.61. The minimum Gasteiger partial charge on any atom is -0.265 e. The van der Waals surface area contributed by atoms with Gasteiger partial charge in [-0.1, -0.05) is 6.07 Å². The summed E-state index contributed by atoms with van der Waals surface area (Å²) >= 11 is 3.31. The summed E-state index contributed by atoms with van der Waals surface area (Å²) in [7, 11) is 0. The smallest absolute Gasteiger partial charge is 0.265 e. The van der Waals surface area contributed by atoms with Crippen LogP contribution in [0.3, 0.4) is 0 Å². The van der Waals surface area contributed by atoms with Crippen molar-refractivity contribution in [1.82, 2.24) is 29.9 Å². The number of H-pyrrole nitrogens is 1. The van der Waals surface area contributed by atoms with E-state index in [4.69, 9.17) is 0 Å². The molecule has 0 radical (unpaired) electrons. The van der Waals surface area contributed by atoms with Crippen LogP contribution in [-0.2, 0) is 6.54 Å². The largest absolute Gasteiger partial charge is 0.294 e. The van der Waals surface area contributed by atoms with Gasteiger partial charge in [0.25, 0.3) is 5.56 Å². The molecule has 22 heavy (non-hydrogen) atoms. The van der Waals surface area contributed by atoms with Gasteiger partial charge in [-0.25, -0.2) is 19.7 Å². The summed E-state index contributed by atoms with van der Waals surface area (Å²) in [6.45, 7) is 0.467. The van der Waals surface area contributed by atoms with Gasteiger partial charge in [-0.2, -0.15) is 10.2 Å². The van der Waals surface area contributed by atoms with Crippen molar-refractivity contribution in [2.45, 2.75) is 6.54 Å². The summed E-state index contributed by atoms with van der Waals surface area (Å²) < 4.78 is 2.46. The van der Waals surface area contributed by atoms with Gasteiger partial charge in [0.15, 0.2) is 11.3 Å². The van der Waals surface area contributed by atoms with E-state index in [1.165, 1.54) is 0 Å². The molecule has 0 bridgehead atoms. The maximum absolute atomic E-state index is 11.8. The zero-order valence-electron chi connectivity index (χ0n) is 11.2. The van der Waals surface area contributed by atoms with Crippen molar-refractivity contribution >= 4 is 27.0 Å². The van der Waals surface area contributed by atoms with Gasteiger partial charge in [-0.05, 0) is 39.7 Å². The minimum absolute atomic E-state index is 0.302. The minimum atomic E-state index is -0.302. The molecular formula is C14H9BrN6O. The maximum atomic E-state index is 11.8. The van der Waals surface area contributed by atoms with Crippen LogP contribution in [0.2, 0.25) is 0 Å². The lowest BCUT2D eigenvalue weighted by Gasteiger charge is -2.11. The summed E-state index contributed by atoms with van der Waals surface area (Å²) in [5.74, 6) is 0. The highest BCUT2D eigenvalue weighted by molar-refractivity contribution is 9.10. The molecule has 0 aliphatic carbocycles. The van der Waals surface area contributed by atoms with Gasteiger partial charge in [0.1, 0.15) is 10.3 Å². The fourth-order valence-electron chi connectivity index (χ4n) is 2.34. The number of nitrogens with zero attached hydrogens (tertiary/aromatic N) is 5.